The zero-order chi connectivity index (χ0) is 20.5. The Morgan fingerprint density at radius 2 is 1.82 bits per heavy atom. The maximum atomic E-state index is 12.7. The minimum atomic E-state index is -4.68. The quantitative estimate of drug-likeness (QED) is 0.746. The van der Waals surface area contributed by atoms with Gasteiger partial charge in [0, 0.05) is 0 Å². The predicted molar refractivity (Wildman–Crippen MR) is 85.2 cm³/mol. The van der Waals surface area contributed by atoms with Gasteiger partial charge in [-0.2, -0.15) is 18.2 Å². The molecule has 0 fully saturated rings. The number of hydrogen-bond acceptors (Lipinski definition) is 5. The molecular weight excluding hydrogens is 393 g/mol. The first-order valence-electron chi connectivity index (χ1n) is 7.81. The molecule has 150 valence electrons. The molecule has 0 atom stereocenters. The molecule has 12 heteroatoms. The SMILES string of the molecule is O=C1Cc2c(nc(OCC(F)(F)F)n(-c3ccc(OCC(F)F)cc3)c2=O)N1. The monoisotopic (exact) mass is 405 g/mol. The van der Waals surface area contributed by atoms with Crippen molar-refractivity contribution in [2.24, 2.45) is 0 Å². The van der Waals surface area contributed by atoms with Gasteiger partial charge >= 0.3 is 12.2 Å². The van der Waals surface area contributed by atoms with Crippen LogP contribution in [0.4, 0.5) is 27.8 Å². The lowest BCUT2D eigenvalue weighted by molar-refractivity contribution is -0.155. The molecule has 0 aliphatic carbocycles. The van der Waals surface area contributed by atoms with Crippen LogP contribution in [0.2, 0.25) is 0 Å². The molecule has 1 N–H and O–H groups in total. The number of carbonyl (C=O) groups excluding carboxylic acids is 1. The molecular formula is C16H12F5N3O4. The Kier molecular flexibility index (Phi) is 5.21. The van der Waals surface area contributed by atoms with E-state index in [0.29, 0.717) is 0 Å². The Balaban J connectivity index is 1.99. The maximum Gasteiger partial charge on any atom is 0.422 e. The molecule has 28 heavy (non-hydrogen) atoms. The van der Waals surface area contributed by atoms with Crippen LogP contribution < -0.4 is 20.3 Å². The highest BCUT2D eigenvalue weighted by Gasteiger charge is 2.31. The molecule has 1 aliphatic heterocycles. The Hall–Kier alpha value is -3.18. The van der Waals surface area contributed by atoms with Crippen LogP contribution >= 0.6 is 0 Å². The average Bonchev–Trinajstić information content (AvgIpc) is 2.99. The number of ether oxygens (including phenoxy) is 2. The van der Waals surface area contributed by atoms with Crippen LogP contribution in [0, 0.1) is 0 Å². The number of aromatic nitrogens is 2. The summed E-state index contributed by atoms with van der Waals surface area (Å²) in [5.74, 6) is -0.629. The summed E-state index contributed by atoms with van der Waals surface area (Å²) in [4.78, 5) is 28.0. The van der Waals surface area contributed by atoms with Crippen molar-refractivity contribution in [1.29, 1.82) is 0 Å². The number of benzene rings is 1. The molecule has 1 amide bonds. The van der Waals surface area contributed by atoms with Crippen LogP contribution in [0.15, 0.2) is 29.1 Å². The number of nitrogens with zero attached hydrogens (tertiary/aromatic N) is 2. The summed E-state index contributed by atoms with van der Waals surface area (Å²) in [6.45, 7) is -2.55. The lowest BCUT2D eigenvalue weighted by atomic mass is 10.2. The Labute approximate surface area is 153 Å². The van der Waals surface area contributed by atoms with E-state index in [9.17, 15) is 31.5 Å². The van der Waals surface area contributed by atoms with Crippen molar-refractivity contribution >= 4 is 11.7 Å². The van der Waals surface area contributed by atoms with Gasteiger partial charge in [-0.15, -0.1) is 0 Å². The van der Waals surface area contributed by atoms with Crippen LogP contribution in [-0.4, -0.2) is 41.3 Å². The third kappa shape index (κ3) is 4.38. The number of alkyl halides is 5. The smallest absolute Gasteiger partial charge is 0.422 e. The Bertz CT molecular complexity index is 941. The van der Waals surface area contributed by atoms with Crippen LogP contribution in [0.1, 0.15) is 5.56 Å². The van der Waals surface area contributed by atoms with E-state index in [1.165, 1.54) is 24.3 Å². The summed E-state index contributed by atoms with van der Waals surface area (Å²) in [5.41, 5.74) is -0.759. The summed E-state index contributed by atoms with van der Waals surface area (Å²) in [6, 6.07) is 4.37. The van der Waals surface area contributed by atoms with Gasteiger partial charge in [-0.05, 0) is 24.3 Å². The molecule has 0 unspecified atom stereocenters. The molecule has 3 rings (SSSR count). The van der Waals surface area contributed by atoms with E-state index < -0.39 is 43.3 Å². The largest absolute Gasteiger partial charge is 0.488 e. The van der Waals surface area contributed by atoms with Gasteiger partial charge in [0.25, 0.3) is 12.0 Å². The van der Waals surface area contributed by atoms with E-state index in [1.807, 2.05) is 0 Å². The van der Waals surface area contributed by atoms with Crippen molar-refractivity contribution in [2.45, 2.75) is 19.0 Å². The second kappa shape index (κ2) is 7.44. The highest BCUT2D eigenvalue weighted by molar-refractivity contribution is 5.97. The second-order valence-electron chi connectivity index (χ2n) is 5.69. The van der Waals surface area contributed by atoms with Gasteiger partial charge in [-0.1, -0.05) is 0 Å². The van der Waals surface area contributed by atoms with Gasteiger partial charge < -0.3 is 14.8 Å². The van der Waals surface area contributed by atoms with E-state index in [4.69, 9.17) is 4.74 Å². The van der Waals surface area contributed by atoms with Crippen LogP contribution in [0.25, 0.3) is 5.69 Å². The molecule has 0 radical (unpaired) electrons. The lowest BCUT2D eigenvalue weighted by Gasteiger charge is -2.15. The molecule has 7 nitrogen and oxygen atoms in total. The van der Waals surface area contributed by atoms with Gasteiger partial charge in [0.2, 0.25) is 5.91 Å². The molecule has 0 spiro atoms. The van der Waals surface area contributed by atoms with Gasteiger partial charge in [0.05, 0.1) is 17.7 Å². The number of halogens is 5. The van der Waals surface area contributed by atoms with Gasteiger partial charge in [0.15, 0.2) is 6.61 Å². The molecule has 1 aliphatic rings. The number of anilines is 1. The highest BCUT2D eigenvalue weighted by Crippen LogP contribution is 2.25. The second-order valence-corrected chi connectivity index (χ2v) is 5.69. The van der Waals surface area contributed by atoms with Crippen molar-refractivity contribution in [2.75, 3.05) is 18.5 Å². The van der Waals surface area contributed by atoms with E-state index in [1.54, 1.807) is 0 Å². The zero-order valence-electron chi connectivity index (χ0n) is 13.9. The molecule has 1 aromatic carbocycles. The number of nitrogens with one attached hydrogen (secondary N) is 1. The van der Waals surface area contributed by atoms with Gasteiger partial charge in [-0.25, -0.2) is 13.3 Å². The highest BCUT2D eigenvalue weighted by atomic mass is 19.4. The van der Waals surface area contributed by atoms with Crippen LogP contribution in [-0.2, 0) is 11.2 Å². The molecule has 1 aromatic heterocycles. The fraction of sp³-hybridized carbons (Fsp3) is 0.312. The van der Waals surface area contributed by atoms with Gasteiger partial charge in [-0.3, -0.25) is 9.59 Å². The summed E-state index contributed by atoms with van der Waals surface area (Å²) in [7, 11) is 0. The van der Waals surface area contributed by atoms with Crippen molar-refractivity contribution in [3.05, 3.63) is 40.2 Å². The van der Waals surface area contributed by atoms with Crippen molar-refractivity contribution < 1.29 is 36.2 Å². The minimum absolute atomic E-state index is 0.0256. The van der Waals surface area contributed by atoms with E-state index in [2.05, 4.69) is 15.0 Å². The maximum absolute atomic E-state index is 12.7. The summed E-state index contributed by atoms with van der Waals surface area (Å²) >= 11 is 0. The topological polar surface area (TPSA) is 82.4 Å². The fourth-order valence-corrected chi connectivity index (χ4v) is 2.46. The van der Waals surface area contributed by atoms with Crippen molar-refractivity contribution in [3.8, 4) is 17.4 Å². The van der Waals surface area contributed by atoms with Gasteiger partial charge in [0.1, 0.15) is 18.2 Å². The van der Waals surface area contributed by atoms with Crippen LogP contribution in [0.3, 0.4) is 0 Å². The normalized spacial score (nSPS) is 13.4. The van der Waals surface area contributed by atoms with Crippen molar-refractivity contribution in [3.63, 3.8) is 0 Å². The summed E-state index contributed by atoms with van der Waals surface area (Å²) in [5, 5.41) is 2.28. The number of fused-ring (bicyclic) bond motifs is 1. The molecule has 0 bridgehead atoms. The summed E-state index contributed by atoms with van der Waals surface area (Å²) in [6.07, 6.45) is -7.65. The minimum Gasteiger partial charge on any atom is -0.488 e. The average molecular weight is 405 g/mol. The fourth-order valence-electron chi connectivity index (χ4n) is 2.46. The third-order valence-corrected chi connectivity index (χ3v) is 3.58. The molecule has 0 saturated carbocycles. The standard InChI is InChI=1S/C16H12F5N3O4/c17-11(18)6-27-9-3-1-8(2-4-9)24-14(26)10-5-12(25)22-13(10)23-15(24)28-7-16(19,20)21/h1-4,11H,5-7H2,(H,22,25). The first-order chi connectivity index (χ1) is 13.1. The number of amides is 1. The van der Waals surface area contributed by atoms with Crippen molar-refractivity contribution in [1.82, 2.24) is 9.55 Å². The first-order valence-corrected chi connectivity index (χ1v) is 7.81. The molecule has 0 saturated heterocycles. The Morgan fingerprint density at radius 3 is 2.43 bits per heavy atom. The Morgan fingerprint density at radius 1 is 1.14 bits per heavy atom. The van der Waals surface area contributed by atoms with Crippen LogP contribution in [0.5, 0.6) is 11.8 Å². The lowest BCUT2D eigenvalue weighted by Crippen LogP contribution is -2.28. The van der Waals surface area contributed by atoms with E-state index in [-0.39, 0.29) is 29.2 Å². The number of rotatable bonds is 6. The summed E-state index contributed by atoms with van der Waals surface area (Å²) < 4.78 is 72.2. The number of carbonyl (C=O) groups is 1. The van der Waals surface area contributed by atoms with E-state index in [0.717, 1.165) is 4.57 Å². The van der Waals surface area contributed by atoms with E-state index >= 15 is 0 Å². The molecule has 2 heterocycles. The predicted octanol–water partition coefficient (Wildman–Crippen LogP) is 2.31. The zero-order valence-corrected chi connectivity index (χ0v) is 13.9. The number of hydrogen-bond donors (Lipinski definition) is 1. The third-order valence-electron chi connectivity index (χ3n) is 3.58. The molecule has 2 aromatic rings. The first kappa shape index (κ1) is 19.6.